The number of hydrogen-bond acceptors (Lipinski definition) is 4. The Labute approximate surface area is 140 Å². The van der Waals surface area contributed by atoms with Crippen molar-refractivity contribution in [3.8, 4) is 5.75 Å². The van der Waals surface area contributed by atoms with Crippen LogP contribution in [0, 0.1) is 0 Å². The van der Waals surface area contributed by atoms with E-state index in [4.69, 9.17) is 16.3 Å². The third kappa shape index (κ3) is 3.13. The number of carbonyl (C=O) groups is 1. The summed E-state index contributed by atoms with van der Waals surface area (Å²) in [5.41, 5.74) is 2.78. The Balaban J connectivity index is 2.03. The van der Waals surface area contributed by atoms with Crippen molar-refractivity contribution >= 4 is 23.3 Å². The first-order valence-electron chi connectivity index (χ1n) is 7.60. The highest BCUT2D eigenvalue weighted by Crippen LogP contribution is 2.36. The Kier molecular flexibility index (Phi) is 4.44. The highest BCUT2D eigenvalue weighted by Gasteiger charge is 2.34. The zero-order chi connectivity index (χ0) is 16.4. The average molecular weight is 332 g/mol. The number of anilines is 1. The second kappa shape index (κ2) is 6.50. The Morgan fingerprint density at radius 2 is 2.04 bits per heavy atom. The first-order valence-corrected chi connectivity index (χ1v) is 7.98. The molecular formula is C18H18ClNO3. The Hall–Kier alpha value is -2.20. The van der Waals surface area contributed by atoms with Crippen LogP contribution < -0.4 is 4.90 Å². The Bertz CT molecular complexity index is 715. The summed E-state index contributed by atoms with van der Waals surface area (Å²) in [4.78, 5) is 14.6. The summed E-state index contributed by atoms with van der Waals surface area (Å²) >= 11 is 5.96. The second-order valence-corrected chi connectivity index (χ2v) is 5.89. The molecule has 2 aromatic carbocycles. The fraction of sp³-hybridized carbons (Fsp3) is 0.278. The van der Waals surface area contributed by atoms with Crippen LogP contribution in [0.5, 0.6) is 5.75 Å². The van der Waals surface area contributed by atoms with Gasteiger partial charge < -0.3 is 14.7 Å². The standard InChI is InChI=1S/C18H18ClNO3/c1-2-23-18(22)17-16-8-7-15(21)11-12(16)9-10-20(17)14-5-3-13(19)4-6-14/h3-8,11,17,21H,2,9-10H2,1H3. The second-order valence-electron chi connectivity index (χ2n) is 5.46. The van der Waals surface area contributed by atoms with Crippen molar-refractivity contribution in [1.29, 1.82) is 0 Å². The van der Waals surface area contributed by atoms with Gasteiger partial charge in [0.2, 0.25) is 0 Å². The minimum absolute atomic E-state index is 0.214. The molecule has 0 saturated carbocycles. The minimum atomic E-state index is -0.513. The number of halogens is 1. The number of rotatable bonds is 3. The number of esters is 1. The number of nitrogens with zero attached hydrogens (tertiary/aromatic N) is 1. The summed E-state index contributed by atoms with van der Waals surface area (Å²) in [7, 11) is 0. The SMILES string of the molecule is CCOC(=O)C1c2ccc(O)cc2CCN1c1ccc(Cl)cc1. The van der Waals surface area contributed by atoms with Gasteiger partial charge in [-0.3, -0.25) is 0 Å². The molecule has 4 nitrogen and oxygen atoms in total. The average Bonchev–Trinajstić information content (AvgIpc) is 2.54. The molecule has 3 rings (SSSR count). The van der Waals surface area contributed by atoms with Gasteiger partial charge >= 0.3 is 5.97 Å². The smallest absolute Gasteiger partial charge is 0.333 e. The first kappa shape index (κ1) is 15.7. The van der Waals surface area contributed by atoms with Crippen molar-refractivity contribution in [1.82, 2.24) is 0 Å². The number of carbonyl (C=O) groups excluding carboxylic acids is 1. The van der Waals surface area contributed by atoms with Gasteiger partial charge in [0.25, 0.3) is 0 Å². The summed E-state index contributed by atoms with van der Waals surface area (Å²) in [5, 5.41) is 10.3. The number of phenols is 1. The summed E-state index contributed by atoms with van der Waals surface area (Å²) in [6, 6.07) is 12.0. The molecule has 5 heteroatoms. The summed E-state index contributed by atoms with van der Waals surface area (Å²) < 4.78 is 5.27. The summed E-state index contributed by atoms with van der Waals surface area (Å²) in [6.07, 6.45) is 0.752. The lowest BCUT2D eigenvalue weighted by atomic mass is 9.91. The largest absolute Gasteiger partial charge is 0.508 e. The van der Waals surface area contributed by atoms with E-state index in [-0.39, 0.29) is 11.7 Å². The summed E-state index contributed by atoms with van der Waals surface area (Å²) in [5.74, 6) is -0.0691. The molecule has 0 saturated heterocycles. The van der Waals surface area contributed by atoms with Crippen molar-refractivity contribution in [2.75, 3.05) is 18.1 Å². The molecule has 120 valence electrons. The van der Waals surface area contributed by atoms with Crippen LogP contribution in [0.2, 0.25) is 5.02 Å². The molecule has 1 unspecified atom stereocenters. The molecule has 0 radical (unpaired) electrons. The highest BCUT2D eigenvalue weighted by molar-refractivity contribution is 6.30. The third-order valence-corrected chi connectivity index (χ3v) is 4.27. The Morgan fingerprint density at radius 3 is 2.74 bits per heavy atom. The van der Waals surface area contributed by atoms with Crippen LogP contribution in [-0.2, 0) is 16.0 Å². The number of phenolic OH excluding ortho intramolecular Hbond substituents is 1. The first-order chi connectivity index (χ1) is 11.1. The van der Waals surface area contributed by atoms with Gasteiger partial charge in [-0.25, -0.2) is 4.79 Å². The van der Waals surface area contributed by atoms with Crippen LogP contribution in [-0.4, -0.2) is 24.2 Å². The lowest BCUT2D eigenvalue weighted by Gasteiger charge is -2.37. The van der Waals surface area contributed by atoms with E-state index in [9.17, 15) is 9.90 Å². The monoisotopic (exact) mass is 331 g/mol. The lowest BCUT2D eigenvalue weighted by Crippen LogP contribution is -2.40. The molecule has 2 aromatic rings. The van der Waals surface area contributed by atoms with Crippen LogP contribution >= 0.6 is 11.6 Å². The quantitative estimate of drug-likeness (QED) is 0.871. The number of fused-ring (bicyclic) bond motifs is 1. The molecule has 23 heavy (non-hydrogen) atoms. The van der Waals surface area contributed by atoms with Gasteiger partial charge in [-0.1, -0.05) is 17.7 Å². The van der Waals surface area contributed by atoms with E-state index >= 15 is 0 Å². The van der Waals surface area contributed by atoms with Gasteiger partial charge in [0.15, 0.2) is 6.04 Å². The fourth-order valence-corrected chi connectivity index (χ4v) is 3.13. The van der Waals surface area contributed by atoms with E-state index in [1.54, 1.807) is 25.1 Å². The van der Waals surface area contributed by atoms with Crippen molar-refractivity contribution in [2.24, 2.45) is 0 Å². The van der Waals surface area contributed by atoms with Crippen LogP contribution in [0.1, 0.15) is 24.1 Å². The predicted octanol–water partition coefficient (Wildman–Crippen LogP) is 3.71. The van der Waals surface area contributed by atoms with E-state index in [1.807, 2.05) is 29.2 Å². The predicted molar refractivity (Wildman–Crippen MR) is 90.0 cm³/mol. The lowest BCUT2D eigenvalue weighted by molar-refractivity contribution is -0.145. The molecule has 0 fully saturated rings. The normalized spacial score (nSPS) is 16.8. The van der Waals surface area contributed by atoms with Gasteiger partial charge in [-0.15, -0.1) is 0 Å². The summed E-state index contributed by atoms with van der Waals surface area (Å²) in [6.45, 7) is 2.80. The van der Waals surface area contributed by atoms with Crippen molar-refractivity contribution in [3.05, 3.63) is 58.6 Å². The number of benzene rings is 2. The molecule has 1 aliphatic heterocycles. The minimum Gasteiger partial charge on any atom is -0.508 e. The molecule has 0 aliphatic carbocycles. The maximum Gasteiger partial charge on any atom is 0.333 e. The van der Waals surface area contributed by atoms with Crippen LogP contribution in [0.4, 0.5) is 5.69 Å². The maximum atomic E-state index is 12.5. The van der Waals surface area contributed by atoms with E-state index in [0.29, 0.717) is 18.2 Å². The fourth-order valence-electron chi connectivity index (χ4n) is 3.00. The van der Waals surface area contributed by atoms with E-state index in [0.717, 1.165) is 23.2 Å². The molecule has 1 aliphatic rings. The topological polar surface area (TPSA) is 49.8 Å². The maximum absolute atomic E-state index is 12.5. The van der Waals surface area contributed by atoms with Crippen molar-refractivity contribution < 1.29 is 14.6 Å². The van der Waals surface area contributed by atoms with E-state index in [1.165, 1.54) is 0 Å². The number of aromatic hydroxyl groups is 1. The highest BCUT2D eigenvalue weighted by atomic mass is 35.5. The van der Waals surface area contributed by atoms with Gasteiger partial charge in [-0.05, 0) is 60.9 Å². The van der Waals surface area contributed by atoms with Crippen molar-refractivity contribution in [3.63, 3.8) is 0 Å². The molecule has 0 bridgehead atoms. The molecule has 0 aromatic heterocycles. The number of ether oxygens (including phenoxy) is 1. The van der Waals surface area contributed by atoms with Crippen molar-refractivity contribution in [2.45, 2.75) is 19.4 Å². The zero-order valence-corrected chi connectivity index (χ0v) is 13.6. The molecule has 1 heterocycles. The van der Waals surface area contributed by atoms with Gasteiger partial charge in [-0.2, -0.15) is 0 Å². The van der Waals surface area contributed by atoms with E-state index in [2.05, 4.69) is 0 Å². The molecule has 0 amide bonds. The van der Waals surface area contributed by atoms with Gasteiger partial charge in [0.05, 0.1) is 6.61 Å². The van der Waals surface area contributed by atoms with Crippen LogP contribution in [0.25, 0.3) is 0 Å². The molecule has 1 atom stereocenters. The van der Waals surface area contributed by atoms with Crippen LogP contribution in [0.15, 0.2) is 42.5 Å². The third-order valence-electron chi connectivity index (χ3n) is 4.02. The van der Waals surface area contributed by atoms with Crippen LogP contribution in [0.3, 0.4) is 0 Å². The van der Waals surface area contributed by atoms with Gasteiger partial charge in [0, 0.05) is 17.3 Å². The van der Waals surface area contributed by atoms with E-state index < -0.39 is 6.04 Å². The Morgan fingerprint density at radius 1 is 1.30 bits per heavy atom. The molecule has 1 N–H and O–H groups in total. The number of hydrogen-bond donors (Lipinski definition) is 1. The molecular weight excluding hydrogens is 314 g/mol. The molecule has 0 spiro atoms. The van der Waals surface area contributed by atoms with Gasteiger partial charge in [0.1, 0.15) is 5.75 Å². The zero-order valence-electron chi connectivity index (χ0n) is 12.8.